The molecule has 1 saturated carbocycles. The third-order valence-electron chi connectivity index (χ3n) is 5.62. The van der Waals surface area contributed by atoms with Crippen molar-refractivity contribution in [1.29, 1.82) is 0 Å². The molecule has 2 aliphatic carbocycles. The first-order valence-corrected chi connectivity index (χ1v) is 8.33. The second-order valence-corrected chi connectivity index (χ2v) is 6.67. The number of ether oxygens (including phenoxy) is 1. The van der Waals surface area contributed by atoms with Crippen LogP contribution < -0.4 is 4.90 Å². The molecule has 3 aliphatic rings. The minimum atomic E-state index is -1.01. The molecule has 24 heavy (non-hydrogen) atoms. The molecule has 1 heterocycles. The molecule has 2 amide bonds. The Morgan fingerprint density at radius 3 is 2.75 bits per heavy atom. The second-order valence-electron chi connectivity index (χ2n) is 6.67. The summed E-state index contributed by atoms with van der Waals surface area (Å²) in [4.78, 5) is 39.5. The molecule has 1 aromatic rings. The molecule has 1 fully saturated rings. The van der Waals surface area contributed by atoms with Crippen LogP contribution in [-0.4, -0.2) is 24.4 Å². The van der Waals surface area contributed by atoms with Gasteiger partial charge in [-0.2, -0.15) is 0 Å². The molecule has 0 N–H and O–H groups in total. The third-order valence-corrected chi connectivity index (χ3v) is 5.62. The van der Waals surface area contributed by atoms with Crippen LogP contribution >= 0.6 is 0 Å². The lowest BCUT2D eigenvalue weighted by molar-refractivity contribution is -0.154. The van der Waals surface area contributed by atoms with Crippen LogP contribution in [0.1, 0.15) is 25.8 Å². The number of allylic oxidation sites excluding steroid dienone is 2. The number of carbonyl (C=O) groups excluding carboxylic acids is 3. The Hall–Kier alpha value is -2.43. The summed E-state index contributed by atoms with van der Waals surface area (Å²) in [6.07, 6.45) is 4.79. The zero-order chi connectivity index (χ0) is 17.1. The van der Waals surface area contributed by atoms with Gasteiger partial charge in [-0.3, -0.25) is 14.4 Å². The fourth-order valence-corrected chi connectivity index (χ4v) is 4.87. The van der Waals surface area contributed by atoms with Crippen molar-refractivity contribution in [2.45, 2.75) is 25.7 Å². The number of para-hydroxylation sites is 1. The number of benzene rings is 1. The van der Waals surface area contributed by atoms with Gasteiger partial charge in [0.1, 0.15) is 0 Å². The van der Waals surface area contributed by atoms with Crippen LogP contribution in [0.25, 0.3) is 0 Å². The molecule has 1 aromatic carbocycles. The number of hydrogen-bond donors (Lipinski definition) is 0. The van der Waals surface area contributed by atoms with Crippen LogP contribution in [0.3, 0.4) is 0 Å². The highest BCUT2D eigenvalue weighted by Gasteiger charge is 2.69. The van der Waals surface area contributed by atoms with E-state index in [1.807, 2.05) is 30.4 Å². The Kier molecular flexibility index (Phi) is 3.17. The quantitative estimate of drug-likeness (QED) is 0.618. The monoisotopic (exact) mass is 325 g/mol. The van der Waals surface area contributed by atoms with E-state index in [1.165, 1.54) is 11.8 Å². The first-order chi connectivity index (χ1) is 11.5. The molecule has 124 valence electrons. The van der Waals surface area contributed by atoms with Crippen LogP contribution in [-0.2, 0) is 24.5 Å². The van der Waals surface area contributed by atoms with Gasteiger partial charge in [-0.1, -0.05) is 30.4 Å². The minimum absolute atomic E-state index is 0.0158. The van der Waals surface area contributed by atoms with E-state index in [1.54, 1.807) is 13.0 Å². The summed E-state index contributed by atoms with van der Waals surface area (Å²) in [5.74, 6) is -1.61. The third kappa shape index (κ3) is 1.62. The van der Waals surface area contributed by atoms with E-state index in [0.717, 1.165) is 12.0 Å². The Morgan fingerprint density at radius 1 is 1.29 bits per heavy atom. The van der Waals surface area contributed by atoms with Gasteiger partial charge in [0, 0.05) is 6.92 Å². The van der Waals surface area contributed by atoms with Crippen molar-refractivity contribution in [3.05, 3.63) is 42.0 Å². The van der Waals surface area contributed by atoms with Crippen molar-refractivity contribution in [3.8, 4) is 0 Å². The van der Waals surface area contributed by atoms with E-state index in [9.17, 15) is 14.4 Å². The van der Waals surface area contributed by atoms with E-state index in [-0.39, 0.29) is 36.2 Å². The Bertz CT molecular complexity index is 783. The average Bonchev–Trinajstić information content (AvgIpc) is 3.20. The molecular weight excluding hydrogens is 306 g/mol. The van der Waals surface area contributed by atoms with E-state index < -0.39 is 11.3 Å². The maximum absolute atomic E-state index is 13.4. The number of imide groups is 1. The smallest absolute Gasteiger partial charge is 0.310 e. The molecule has 1 spiro atoms. The molecule has 5 nitrogen and oxygen atoms in total. The van der Waals surface area contributed by atoms with Crippen LogP contribution in [0.5, 0.6) is 0 Å². The number of rotatable bonds is 2. The SMILES string of the molecule is CCOC(=O)[C@H]1[C@@H]2C=C[C@@H](C2)[C@]12C(=O)N(C(C)=O)c1ccccc12. The maximum atomic E-state index is 13.4. The predicted molar refractivity (Wildman–Crippen MR) is 87.1 cm³/mol. The molecule has 2 bridgehead atoms. The van der Waals surface area contributed by atoms with E-state index >= 15 is 0 Å². The number of esters is 1. The number of carbonyl (C=O) groups is 3. The summed E-state index contributed by atoms with van der Waals surface area (Å²) in [6, 6.07) is 7.32. The zero-order valence-corrected chi connectivity index (χ0v) is 13.7. The molecule has 4 atom stereocenters. The van der Waals surface area contributed by atoms with Crippen molar-refractivity contribution in [2.24, 2.45) is 17.8 Å². The van der Waals surface area contributed by atoms with E-state index in [4.69, 9.17) is 4.74 Å². The van der Waals surface area contributed by atoms with Crippen LogP contribution in [0.2, 0.25) is 0 Å². The van der Waals surface area contributed by atoms with Crippen molar-refractivity contribution in [3.63, 3.8) is 0 Å². The predicted octanol–water partition coefficient (Wildman–Crippen LogP) is 2.20. The first kappa shape index (κ1) is 15.1. The summed E-state index contributed by atoms with van der Waals surface area (Å²) in [7, 11) is 0. The number of fused-ring (bicyclic) bond motifs is 5. The maximum Gasteiger partial charge on any atom is 0.310 e. The highest BCUT2D eigenvalue weighted by molar-refractivity contribution is 6.23. The van der Waals surface area contributed by atoms with Crippen molar-refractivity contribution < 1.29 is 19.1 Å². The van der Waals surface area contributed by atoms with Gasteiger partial charge >= 0.3 is 5.97 Å². The lowest BCUT2D eigenvalue weighted by Gasteiger charge is -2.36. The van der Waals surface area contributed by atoms with Gasteiger partial charge < -0.3 is 4.74 Å². The molecule has 1 aliphatic heterocycles. The fourth-order valence-electron chi connectivity index (χ4n) is 4.87. The fraction of sp³-hybridized carbons (Fsp3) is 0.421. The van der Waals surface area contributed by atoms with Crippen LogP contribution in [0, 0.1) is 17.8 Å². The molecular formula is C19H19NO4. The highest BCUT2D eigenvalue weighted by atomic mass is 16.5. The largest absolute Gasteiger partial charge is 0.466 e. The molecule has 0 radical (unpaired) electrons. The summed E-state index contributed by atoms with van der Waals surface area (Å²) < 4.78 is 5.30. The summed E-state index contributed by atoms with van der Waals surface area (Å²) in [6.45, 7) is 3.43. The number of nitrogens with zero attached hydrogens (tertiary/aromatic N) is 1. The van der Waals surface area contributed by atoms with Crippen LogP contribution in [0.4, 0.5) is 5.69 Å². The van der Waals surface area contributed by atoms with Crippen molar-refractivity contribution in [2.75, 3.05) is 11.5 Å². The number of hydrogen-bond acceptors (Lipinski definition) is 4. The summed E-state index contributed by atoms with van der Waals surface area (Å²) >= 11 is 0. The lowest BCUT2D eigenvalue weighted by atomic mass is 9.65. The topological polar surface area (TPSA) is 63.7 Å². The highest BCUT2D eigenvalue weighted by Crippen LogP contribution is 2.62. The normalized spacial score (nSPS) is 32.5. The van der Waals surface area contributed by atoms with Crippen LogP contribution in [0.15, 0.2) is 36.4 Å². The van der Waals surface area contributed by atoms with Gasteiger partial charge in [0.2, 0.25) is 11.8 Å². The Balaban J connectivity index is 1.95. The Morgan fingerprint density at radius 2 is 2.04 bits per heavy atom. The molecule has 5 heteroatoms. The first-order valence-electron chi connectivity index (χ1n) is 8.33. The molecule has 0 saturated heterocycles. The Labute approximate surface area is 140 Å². The standard InChI is InChI=1S/C19H19NO4/c1-3-24-17(22)16-12-8-9-13(10-12)19(16)14-6-4-5-7-15(14)20(11(2)21)18(19)23/h4-9,12-13,16H,3,10H2,1-2H3/t12-,13+,16-,19-/m1/s1. The average molecular weight is 325 g/mol. The van der Waals surface area contributed by atoms with E-state index in [0.29, 0.717) is 5.69 Å². The summed E-state index contributed by atoms with van der Waals surface area (Å²) in [5, 5.41) is 0. The van der Waals surface area contributed by atoms with Gasteiger partial charge in [0.25, 0.3) is 0 Å². The molecule has 4 rings (SSSR count). The molecule has 0 unspecified atom stereocenters. The minimum Gasteiger partial charge on any atom is -0.466 e. The van der Waals surface area contributed by atoms with E-state index in [2.05, 4.69) is 0 Å². The summed E-state index contributed by atoms with van der Waals surface area (Å²) in [5.41, 5.74) is 0.374. The van der Waals surface area contributed by atoms with Gasteiger partial charge in [-0.25, -0.2) is 4.90 Å². The van der Waals surface area contributed by atoms with Crippen molar-refractivity contribution in [1.82, 2.24) is 0 Å². The van der Waals surface area contributed by atoms with Gasteiger partial charge in [-0.15, -0.1) is 0 Å². The second kappa shape index (κ2) is 5.03. The number of amides is 2. The van der Waals surface area contributed by atoms with Gasteiger partial charge in [0.05, 0.1) is 23.6 Å². The van der Waals surface area contributed by atoms with Gasteiger partial charge in [0.15, 0.2) is 0 Å². The van der Waals surface area contributed by atoms with Crippen molar-refractivity contribution >= 4 is 23.5 Å². The molecule has 0 aromatic heterocycles. The van der Waals surface area contributed by atoms with Gasteiger partial charge in [-0.05, 0) is 36.8 Å². The number of anilines is 1. The lowest BCUT2D eigenvalue weighted by Crippen LogP contribution is -2.52. The zero-order valence-electron chi connectivity index (χ0n) is 13.7.